The van der Waals surface area contributed by atoms with Gasteiger partial charge < -0.3 is 10.1 Å². The molecule has 0 fully saturated rings. The van der Waals surface area contributed by atoms with Crippen LogP contribution in [0.1, 0.15) is 23.2 Å². The van der Waals surface area contributed by atoms with Crippen LogP contribution >= 0.6 is 23.2 Å². The zero-order valence-electron chi connectivity index (χ0n) is 13.0. The van der Waals surface area contributed by atoms with Crippen molar-refractivity contribution in [2.75, 3.05) is 11.9 Å². The third-order valence-electron chi connectivity index (χ3n) is 3.12. The van der Waals surface area contributed by atoms with Crippen molar-refractivity contribution in [1.29, 1.82) is 0 Å². The molecule has 1 N–H and O–H groups in total. The van der Waals surface area contributed by atoms with E-state index in [-0.39, 0.29) is 23.8 Å². The van der Waals surface area contributed by atoms with Crippen molar-refractivity contribution in [3.8, 4) is 0 Å². The highest BCUT2D eigenvalue weighted by molar-refractivity contribution is 6.32. The molecule has 2 rings (SSSR count). The molecule has 0 aliphatic rings. The normalized spacial score (nSPS) is 10.2. The maximum Gasteiger partial charge on any atom is 0.306 e. The molecule has 0 radical (unpaired) electrons. The number of esters is 1. The molecule has 130 valence electrons. The maximum atomic E-state index is 11.9. The van der Waals surface area contributed by atoms with Crippen molar-refractivity contribution in [2.24, 2.45) is 0 Å². The fourth-order valence-electron chi connectivity index (χ4n) is 1.88. The number of carbonyl (C=O) groups excluding carboxylic acids is 3. The average molecular weight is 381 g/mol. The number of amides is 1. The quantitative estimate of drug-likeness (QED) is 0.451. The fourth-order valence-corrected chi connectivity index (χ4v) is 2.17. The summed E-state index contributed by atoms with van der Waals surface area (Å²) in [6.45, 7) is -0.473. The molecule has 1 amide bonds. The molecule has 1 heterocycles. The van der Waals surface area contributed by atoms with Crippen molar-refractivity contribution in [3.63, 3.8) is 0 Å². The standard InChI is InChI=1S/C17H14Cl2N2O4/c18-12-5-3-11(4-6-12)14(22)7-8-16(24)25-10-15(23)21-13-2-1-9-20-17(13)19/h1-6,9H,7-8,10H2,(H,21,23). The number of hydrogen-bond acceptors (Lipinski definition) is 5. The van der Waals surface area contributed by atoms with Crippen LogP contribution in [0, 0.1) is 0 Å². The molecule has 0 aliphatic heterocycles. The van der Waals surface area contributed by atoms with Gasteiger partial charge in [0.1, 0.15) is 0 Å². The lowest BCUT2D eigenvalue weighted by molar-refractivity contribution is -0.147. The van der Waals surface area contributed by atoms with E-state index < -0.39 is 18.5 Å². The number of aromatic nitrogens is 1. The van der Waals surface area contributed by atoms with Gasteiger partial charge >= 0.3 is 5.97 Å². The smallest absolute Gasteiger partial charge is 0.306 e. The summed E-state index contributed by atoms with van der Waals surface area (Å²) in [4.78, 5) is 39.1. The van der Waals surface area contributed by atoms with Crippen LogP contribution in [0.5, 0.6) is 0 Å². The first kappa shape index (κ1) is 18.9. The fraction of sp³-hybridized carbons (Fsp3) is 0.176. The van der Waals surface area contributed by atoms with Gasteiger partial charge in [-0.05, 0) is 36.4 Å². The van der Waals surface area contributed by atoms with Gasteiger partial charge in [0.05, 0.1) is 12.1 Å². The molecule has 0 bridgehead atoms. The van der Waals surface area contributed by atoms with E-state index in [2.05, 4.69) is 10.3 Å². The predicted molar refractivity (Wildman–Crippen MR) is 93.9 cm³/mol. The highest BCUT2D eigenvalue weighted by atomic mass is 35.5. The van der Waals surface area contributed by atoms with E-state index in [1.165, 1.54) is 6.20 Å². The van der Waals surface area contributed by atoms with Gasteiger partial charge in [0.25, 0.3) is 5.91 Å². The lowest BCUT2D eigenvalue weighted by Gasteiger charge is -2.07. The number of benzene rings is 1. The molecule has 2 aromatic rings. The number of hydrogen-bond donors (Lipinski definition) is 1. The number of Topliss-reactive ketones (excluding diaryl/α,β-unsaturated/α-hetero) is 1. The second kappa shape index (κ2) is 9.15. The molecule has 1 aromatic heterocycles. The van der Waals surface area contributed by atoms with E-state index in [4.69, 9.17) is 27.9 Å². The Morgan fingerprint density at radius 2 is 1.76 bits per heavy atom. The topological polar surface area (TPSA) is 85.4 Å². The summed E-state index contributed by atoms with van der Waals surface area (Å²) < 4.78 is 4.83. The zero-order valence-corrected chi connectivity index (χ0v) is 14.5. The van der Waals surface area contributed by atoms with Crippen LogP contribution in [0.4, 0.5) is 5.69 Å². The molecule has 0 saturated carbocycles. The molecule has 0 unspecified atom stereocenters. The first-order valence-electron chi connectivity index (χ1n) is 7.30. The van der Waals surface area contributed by atoms with Crippen LogP contribution in [0.25, 0.3) is 0 Å². The molecular weight excluding hydrogens is 367 g/mol. The third kappa shape index (κ3) is 6.17. The number of carbonyl (C=O) groups is 3. The molecule has 6 nitrogen and oxygen atoms in total. The molecule has 8 heteroatoms. The van der Waals surface area contributed by atoms with Crippen molar-refractivity contribution in [1.82, 2.24) is 4.98 Å². The molecule has 0 aliphatic carbocycles. The second-order valence-corrected chi connectivity index (χ2v) is 5.78. The van der Waals surface area contributed by atoms with Gasteiger partial charge in [-0.15, -0.1) is 0 Å². The monoisotopic (exact) mass is 380 g/mol. The van der Waals surface area contributed by atoms with Gasteiger partial charge in [-0.2, -0.15) is 0 Å². The van der Waals surface area contributed by atoms with E-state index >= 15 is 0 Å². The van der Waals surface area contributed by atoms with Crippen molar-refractivity contribution in [2.45, 2.75) is 12.8 Å². The highest BCUT2D eigenvalue weighted by Crippen LogP contribution is 2.17. The van der Waals surface area contributed by atoms with Gasteiger partial charge in [0, 0.05) is 23.2 Å². The molecule has 25 heavy (non-hydrogen) atoms. The summed E-state index contributed by atoms with van der Waals surface area (Å²) in [6, 6.07) is 9.54. The SMILES string of the molecule is O=C(COC(=O)CCC(=O)c1ccc(Cl)cc1)Nc1cccnc1Cl. The van der Waals surface area contributed by atoms with Crippen molar-refractivity contribution in [3.05, 3.63) is 58.3 Å². The highest BCUT2D eigenvalue weighted by Gasteiger charge is 2.13. The lowest BCUT2D eigenvalue weighted by atomic mass is 10.1. The Labute approximate surface area is 154 Å². The number of anilines is 1. The summed E-state index contributed by atoms with van der Waals surface area (Å²) in [5, 5.41) is 3.13. The van der Waals surface area contributed by atoms with Gasteiger partial charge in [-0.25, -0.2) is 4.98 Å². The van der Waals surface area contributed by atoms with Gasteiger partial charge in [-0.3, -0.25) is 14.4 Å². The van der Waals surface area contributed by atoms with Gasteiger partial charge in [0.15, 0.2) is 17.5 Å². The Hall–Kier alpha value is -2.44. The summed E-state index contributed by atoms with van der Waals surface area (Å²) >= 11 is 11.6. The number of nitrogens with zero attached hydrogens (tertiary/aromatic N) is 1. The number of halogens is 2. The van der Waals surface area contributed by atoms with E-state index in [9.17, 15) is 14.4 Å². The Morgan fingerprint density at radius 3 is 2.44 bits per heavy atom. The van der Waals surface area contributed by atoms with Crippen LogP contribution in [0.15, 0.2) is 42.6 Å². The van der Waals surface area contributed by atoms with E-state index in [1.807, 2.05) is 0 Å². The Kier molecular flexibility index (Phi) is 6.91. The van der Waals surface area contributed by atoms with Crippen LogP contribution in [-0.4, -0.2) is 29.3 Å². The van der Waals surface area contributed by atoms with E-state index in [0.29, 0.717) is 16.3 Å². The zero-order chi connectivity index (χ0) is 18.2. The minimum atomic E-state index is -0.644. The van der Waals surface area contributed by atoms with E-state index in [1.54, 1.807) is 36.4 Å². The van der Waals surface area contributed by atoms with Crippen LogP contribution in [0.3, 0.4) is 0 Å². The number of ketones is 1. The maximum absolute atomic E-state index is 11.9. The summed E-state index contributed by atoms with van der Waals surface area (Å²) in [7, 11) is 0. The summed E-state index contributed by atoms with van der Waals surface area (Å²) in [6.07, 6.45) is 1.34. The van der Waals surface area contributed by atoms with E-state index in [0.717, 1.165) is 0 Å². The van der Waals surface area contributed by atoms with Gasteiger partial charge in [0.2, 0.25) is 0 Å². The Bertz CT molecular complexity index is 778. The predicted octanol–water partition coefficient (Wildman–Crippen LogP) is 3.53. The number of pyridine rings is 1. The lowest BCUT2D eigenvalue weighted by Crippen LogP contribution is -2.21. The molecule has 0 spiro atoms. The largest absolute Gasteiger partial charge is 0.456 e. The van der Waals surface area contributed by atoms with Crippen LogP contribution in [-0.2, 0) is 14.3 Å². The molecular formula is C17H14Cl2N2O4. The first-order chi connectivity index (χ1) is 12.0. The molecule has 0 saturated heterocycles. The number of ether oxygens (including phenoxy) is 1. The van der Waals surface area contributed by atoms with Crippen LogP contribution in [0.2, 0.25) is 10.2 Å². The summed E-state index contributed by atoms with van der Waals surface area (Å²) in [5.74, 6) is -1.40. The van der Waals surface area contributed by atoms with Crippen molar-refractivity contribution < 1.29 is 19.1 Å². The number of rotatable bonds is 7. The van der Waals surface area contributed by atoms with Gasteiger partial charge in [-0.1, -0.05) is 23.2 Å². The molecule has 0 atom stereocenters. The second-order valence-electron chi connectivity index (χ2n) is 4.98. The minimum Gasteiger partial charge on any atom is -0.456 e. The molecule has 1 aromatic carbocycles. The van der Waals surface area contributed by atoms with Crippen LogP contribution < -0.4 is 5.32 Å². The Balaban J connectivity index is 1.73. The summed E-state index contributed by atoms with van der Waals surface area (Å²) in [5.41, 5.74) is 0.782. The first-order valence-corrected chi connectivity index (χ1v) is 8.06. The Morgan fingerprint density at radius 1 is 1.04 bits per heavy atom. The average Bonchev–Trinajstić information content (AvgIpc) is 2.60. The van der Waals surface area contributed by atoms with Crippen molar-refractivity contribution >= 4 is 46.5 Å². The number of nitrogens with one attached hydrogen (secondary N) is 1. The third-order valence-corrected chi connectivity index (χ3v) is 3.67. The minimum absolute atomic E-state index is 0.0173.